The molecule has 52 heavy (non-hydrogen) atoms. The van der Waals surface area contributed by atoms with Crippen LogP contribution in [0.4, 0.5) is 18.0 Å². The van der Waals surface area contributed by atoms with Gasteiger partial charge in [0.1, 0.15) is 29.5 Å². The standard InChI is InChI=1S/C33H39F3N6O9S/c1-31(12-13-31)52(48,49)41-29(45)32-16-18(32)8-6-4-3-5-7-9-22(39-30(46)47)28(44)42-17-20(15-24(42)26(43)40-32)51-27-25(33(34,35)36)37-21-11-10-19(50-2)14-23(21)38-27/h6,8,10-11,14,18,20,22,24,39H,3-5,7,9,12-13,15-17H2,1-2H3,(H,40,43)(H,41,45)(H,46,47)/b8-6-/t18-,20-,22+,24+,32-/m1/s1. The van der Waals surface area contributed by atoms with E-state index in [1.807, 2.05) is 6.08 Å². The van der Waals surface area contributed by atoms with E-state index in [0.29, 0.717) is 44.3 Å². The van der Waals surface area contributed by atoms with Gasteiger partial charge in [-0.3, -0.25) is 19.1 Å². The van der Waals surface area contributed by atoms with E-state index in [1.165, 1.54) is 32.2 Å². The first-order valence-corrected chi connectivity index (χ1v) is 18.4. The molecule has 1 aromatic heterocycles. The Bertz CT molecular complexity index is 1920. The lowest BCUT2D eigenvalue weighted by molar-refractivity contribution is -0.143. The number of carbonyl (C=O) groups excluding carboxylic acids is 3. The molecule has 282 valence electrons. The van der Waals surface area contributed by atoms with Crippen LogP contribution in [-0.4, -0.2) is 94.3 Å². The number of carbonyl (C=O) groups is 4. The average Bonchev–Trinajstić information content (AvgIpc) is 3.95. The zero-order valence-electron chi connectivity index (χ0n) is 28.4. The van der Waals surface area contributed by atoms with Gasteiger partial charge in [-0.2, -0.15) is 13.2 Å². The van der Waals surface area contributed by atoms with E-state index in [1.54, 1.807) is 6.08 Å². The molecule has 15 nitrogen and oxygen atoms in total. The van der Waals surface area contributed by atoms with Crippen molar-refractivity contribution in [3.8, 4) is 11.6 Å². The Labute approximate surface area is 296 Å². The Morgan fingerprint density at radius 3 is 2.54 bits per heavy atom. The van der Waals surface area contributed by atoms with Gasteiger partial charge in [0.15, 0.2) is 0 Å². The monoisotopic (exact) mass is 752 g/mol. The van der Waals surface area contributed by atoms with Gasteiger partial charge in [0, 0.05) is 18.4 Å². The van der Waals surface area contributed by atoms with Crippen molar-refractivity contribution in [1.29, 1.82) is 0 Å². The summed E-state index contributed by atoms with van der Waals surface area (Å²) in [6.07, 6.45) is -1.44. The average molecular weight is 753 g/mol. The molecule has 6 rings (SSSR count). The molecule has 0 spiro atoms. The van der Waals surface area contributed by atoms with Crippen LogP contribution in [0.25, 0.3) is 11.0 Å². The van der Waals surface area contributed by atoms with E-state index in [-0.39, 0.29) is 30.3 Å². The van der Waals surface area contributed by atoms with Crippen LogP contribution < -0.4 is 24.8 Å². The fourth-order valence-corrected chi connectivity index (χ4v) is 7.98. The van der Waals surface area contributed by atoms with Crippen LogP contribution in [0.1, 0.15) is 70.4 Å². The molecule has 0 unspecified atom stereocenters. The van der Waals surface area contributed by atoms with Gasteiger partial charge in [0.05, 0.1) is 29.4 Å². The second-order valence-corrected chi connectivity index (χ2v) is 16.1. The largest absolute Gasteiger partial charge is 0.497 e. The minimum Gasteiger partial charge on any atom is -0.497 e. The van der Waals surface area contributed by atoms with Gasteiger partial charge in [-0.05, 0) is 57.6 Å². The molecule has 1 saturated heterocycles. The number of halogens is 3. The molecule has 4 amide bonds. The van der Waals surface area contributed by atoms with Gasteiger partial charge in [-0.25, -0.2) is 23.2 Å². The van der Waals surface area contributed by atoms with E-state index in [9.17, 15) is 45.9 Å². The Kier molecular flexibility index (Phi) is 9.77. The van der Waals surface area contributed by atoms with Crippen LogP contribution in [0, 0.1) is 5.92 Å². The number of ether oxygens (including phenoxy) is 2. The first kappa shape index (κ1) is 37.1. The zero-order valence-corrected chi connectivity index (χ0v) is 29.2. The number of fused-ring (bicyclic) bond motifs is 3. The summed E-state index contributed by atoms with van der Waals surface area (Å²) in [5.41, 5.74) is -3.20. The number of hydrogen-bond acceptors (Lipinski definition) is 10. The molecule has 2 aliphatic heterocycles. The maximum Gasteiger partial charge on any atom is 0.438 e. The van der Waals surface area contributed by atoms with E-state index in [0.717, 1.165) is 4.90 Å². The molecule has 4 N–H and O–H groups in total. The second kappa shape index (κ2) is 13.7. The Morgan fingerprint density at radius 1 is 1.12 bits per heavy atom. The summed E-state index contributed by atoms with van der Waals surface area (Å²) < 4.78 is 80.6. The number of aromatic nitrogens is 2. The molecule has 2 aliphatic carbocycles. The molecule has 0 radical (unpaired) electrons. The number of rotatable bonds is 7. The summed E-state index contributed by atoms with van der Waals surface area (Å²) in [4.78, 5) is 62.3. The number of benzene rings is 1. The summed E-state index contributed by atoms with van der Waals surface area (Å²) in [5.74, 6) is -3.85. The molecule has 5 atom stereocenters. The Balaban J connectivity index is 1.34. The van der Waals surface area contributed by atoms with Crippen molar-refractivity contribution in [3.63, 3.8) is 0 Å². The first-order chi connectivity index (χ1) is 24.5. The Morgan fingerprint density at radius 2 is 1.87 bits per heavy atom. The number of sulfonamides is 1. The highest BCUT2D eigenvalue weighted by Gasteiger charge is 2.63. The maximum absolute atomic E-state index is 14.2. The normalized spacial score (nSPS) is 28.3. The number of amides is 4. The smallest absolute Gasteiger partial charge is 0.438 e. The molecule has 1 aromatic carbocycles. The fourth-order valence-electron chi connectivity index (χ4n) is 6.67. The van der Waals surface area contributed by atoms with Crippen molar-refractivity contribution in [1.82, 2.24) is 30.2 Å². The number of hydrogen-bond donors (Lipinski definition) is 4. The topological polar surface area (TPSA) is 206 Å². The highest BCUT2D eigenvalue weighted by atomic mass is 32.2. The third-order valence-electron chi connectivity index (χ3n) is 10.2. The van der Waals surface area contributed by atoms with Crippen LogP contribution in [0.2, 0.25) is 0 Å². The molecular formula is C33H39F3N6O9S. The molecular weight excluding hydrogens is 713 g/mol. The number of alkyl halides is 3. The van der Waals surface area contributed by atoms with Gasteiger partial charge in [-0.15, -0.1) is 0 Å². The van der Waals surface area contributed by atoms with Gasteiger partial charge in [-0.1, -0.05) is 25.0 Å². The minimum absolute atomic E-state index is 0.0190. The molecule has 19 heteroatoms. The van der Waals surface area contributed by atoms with Crippen LogP contribution >= 0.6 is 0 Å². The van der Waals surface area contributed by atoms with Crippen LogP contribution in [-0.2, 0) is 30.6 Å². The van der Waals surface area contributed by atoms with Crippen molar-refractivity contribution in [2.75, 3.05) is 13.7 Å². The quantitative estimate of drug-likeness (QED) is 0.303. The third-order valence-corrected chi connectivity index (χ3v) is 12.3. The lowest BCUT2D eigenvalue weighted by Gasteiger charge is -2.29. The molecule has 0 bridgehead atoms. The van der Waals surface area contributed by atoms with Crippen molar-refractivity contribution in [2.45, 2.75) is 99.4 Å². The number of nitrogens with one attached hydrogen (secondary N) is 3. The lowest BCUT2D eigenvalue weighted by atomic mass is 10.1. The highest BCUT2D eigenvalue weighted by Crippen LogP contribution is 2.47. The minimum atomic E-state index is -5.01. The number of nitrogens with zero attached hydrogens (tertiary/aromatic N) is 3. The summed E-state index contributed by atoms with van der Waals surface area (Å²) in [6, 6.07) is 1.33. The predicted octanol–water partition coefficient (Wildman–Crippen LogP) is 3.04. The number of carboxylic acid groups (broad SMARTS) is 1. The van der Waals surface area contributed by atoms with E-state index >= 15 is 0 Å². The third kappa shape index (κ3) is 7.45. The van der Waals surface area contributed by atoms with Gasteiger partial charge in [0.2, 0.25) is 33.4 Å². The van der Waals surface area contributed by atoms with Crippen LogP contribution in [0.5, 0.6) is 11.6 Å². The van der Waals surface area contributed by atoms with E-state index in [4.69, 9.17) is 9.47 Å². The molecule has 3 heterocycles. The fraction of sp³-hybridized carbons (Fsp3) is 0.576. The van der Waals surface area contributed by atoms with Gasteiger partial charge >= 0.3 is 12.3 Å². The lowest BCUT2D eigenvalue weighted by Crippen LogP contribution is -2.58. The van der Waals surface area contributed by atoms with Crippen LogP contribution in [0.3, 0.4) is 0 Å². The molecule has 3 fully saturated rings. The number of methoxy groups -OCH3 is 1. The van der Waals surface area contributed by atoms with Gasteiger partial charge in [0.25, 0.3) is 5.91 Å². The molecule has 4 aliphatic rings. The summed E-state index contributed by atoms with van der Waals surface area (Å²) >= 11 is 0. The second-order valence-electron chi connectivity index (χ2n) is 13.9. The highest BCUT2D eigenvalue weighted by molar-refractivity contribution is 7.91. The maximum atomic E-state index is 14.2. The number of allylic oxidation sites excluding steroid dienone is 1. The van der Waals surface area contributed by atoms with Crippen molar-refractivity contribution >= 4 is 44.9 Å². The SMILES string of the molecule is COc1ccc2nc(C(F)(F)F)c(O[C@@H]3C[C@H]4C(=O)N[C@]5(C(=O)NS(=O)(=O)C6(C)CC6)C[C@H]5/C=C\CCCCC[C@H](NC(=O)O)C(=O)N4C3)nc2c1. The summed E-state index contributed by atoms with van der Waals surface area (Å²) in [5, 5.41) is 14.4. The van der Waals surface area contributed by atoms with Crippen LogP contribution in [0.15, 0.2) is 30.4 Å². The summed E-state index contributed by atoms with van der Waals surface area (Å²) in [6.45, 7) is 1.06. The van der Waals surface area contributed by atoms with Crippen molar-refractivity contribution < 1.29 is 55.3 Å². The molecule has 2 aromatic rings. The Hall–Kier alpha value is -4.68. The van der Waals surface area contributed by atoms with Crippen molar-refractivity contribution in [3.05, 3.63) is 36.0 Å². The van der Waals surface area contributed by atoms with Crippen molar-refractivity contribution in [2.24, 2.45) is 5.92 Å². The summed E-state index contributed by atoms with van der Waals surface area (Å²) in [7, 11) is -2.73. The van der Waals surface area contributed by atoms with E-state index in [2.05, 4.69) is 25.3 Å². The van der Waals surface area contributed by atoms with Gasteiger partial charge < -0.3 is 30.1 Å². The molecule has 2 saturated carbocycles. The zero-order chi connectivity index (χ0) is 37.6. The predicted molar refractivity (Wildman–Crippen MR) is 176 cm³/mol. The first-order valence-electron chi connectivity index (χ1n) is 16.9. The van der Waals surface area contributed by atoms with E-state index < -0.39 is 92.5 Å².